The Labute approximate surface area is 234 Å². The highest BCUT2D eigenvalue weighted by atomic mass is 16.5. The van der Waals surface area contributed by atoms with Crippen LogP contribution in [0.3, 0.4) is 0 Å². The highest BCUT2D eigenvalue weighted by Gasteiger charge is 2.48. The van der Waals surface area contributed by atoms with Crippen LogP contribution in [-0.4, -0.2) is 49.4 Å². The first kappa shape index (κ1) is 26.4. The van der Waals surface area contributed by atoms with Gasteiger partial charge in [-0.3, -0.25) is 4.79 Å². The van der Waals surface area contributed by atoms with Crippen LogP contribution < -0.4 is 10.9 Å². The maximum absolute atomic E-state index is 13.5. The number of fused-ring (bicyclic) bond motifs is 3. The molecule has 1 saturated carbocycles. The van der Waals surface area contributed by atoms with E-state index < -0.39 is 5.60 Å². The van der Waals surface area contributed by atoms with Crippen LogP contribution in [0, 0.1) is 0 Å². The number of anilines is 2. The number of benzene rings is 1. The van der Waals surface area contributed by atoms with Gasteiger partial charge in [0.2, 0.25) is 5.95 Å². The van der Waals surface area contributed by atoms with Gasteiger partial charge in [-0.2, -0.15) is 4.98 Å². The molecule has 4 heterocycles. The summed E-state index contributed by atoms with van der Waals surface area (Å²) < 4.78 is 9.38. The molecular weight excluding hydrogens is 502 g/mol. The summed E-state index contributed by atoms with van der Waals surface area (Å²) in [7, 11) is 2.19. The van der Waals surface area contributed by atoms with Gasteiger partial charge in [-0.05, 0) is 83.0 Å². The molecule has 1 fully saturated rings. The molecule has 1 aliphatic heterocycles. The molecule has 1 spiro atoms. The molecule has 9 heteroatoms. The highest BCUT2D eigenvalue weighted by Crippen LogP contribution is 2.52. The van der Waals surface area contributed by atoms with Crippen LogP contribution >= 0.6 is 0 Å². The van der Waals surface area contributed by atoms with E-state index in [-0.39, 0.29) is 5.56 Å². The van der Waals surface area contributed by atoms with E-state index in [9.17, 15) is 4.79 Å². The molecule has 0 atom stereocenters. The molecule has 1 aromatic carbocycles. The van der Waals surface area contributed by atoms with E-state index >= 15 is 0 Å². The first-order chi connectivity index (χ1) is 19.2. The van der Waals surface area contributed by atoms with Gasteiger partial charge < -0.3 is 15.0 Å². The molecule has 0 bridgehead atoms. The minimum atomic E-state index is -0.580. The van der Waals surface area contributed by atoms with Gasteiger partial charge in [0.25, 0.3) is 5.56 Å². The molecular formula is C31H37N7O2. The van der Waals surface area contributed by atoms with Crippen molar-refractivity contribution in [2.75, 3.05) is 25.5 Å². The second-order valence-corrected chi connectivity index (χ2v) is 11.5. The van der Waals surface area contributed by atoms with Crippen molar-refractivity contribution >= 4 is 22.7 Å². The number of nitrogens with one attached hydrogen (secondary N) is 1. The molecule has 3 aromatic heterocycles. The smallest absolute Gasteiger partial charge is 0.278 e. The van der Waals surface area contributed by atoms with Gasteiger partial charge in [0.1, 0.15) is 11.0 Å². The molecule has 0 amide bonds. The van der Waals surface area contributed by atoms with Crippen LogP contribution in [0.5, 0.6) is 0 Å². The third-order valence-corrected chi connectivity index (χ3v) is 8.06. The van der Waals surface area contributed by atoms with Crippen LogP contribution in [0.2, 0.25) is 0 Å². The fourth-order valence-corrected chi connectivity index (χ4v) is 5.98. The van der Waals surface area contributed by atoms with Crippen LogP contribution in [-0.2, 0) is 28.8 Å². The van der Waals surface area contributed by atoms with Crippen LogP contribution in [0.25, 0.3) is 16.9 Å². The Morgan fingerprint density at radius 2 is 2.00 bits per heavy atom. The Morgan fingerprint density at radius 1 is 1.18 bits per heavy atom. The highest BCUT2D eigenvalue weighted by molar-refractivity contribution is 5.77. The van der Waals surface area contributed by atoms with Gasteiger partial charge in [0, 0.05) is 37.0 Å². The molecule has 208 valence electrons. The maximum Gasteiger partial charge on any atom is 0.278 e. The van der Waals surface area contributed by atoms with E-state index in [1.807, 2.05) is 58.0 Å². The average molecular weight is 540 g/mol. The molecule has 2 aliphatic rings. The van der Waals surface area contributed by atoms with Gasteiger partial charge in [-0.25, -0.2) is 19.3 Å². The maximum atomic E-state index is 13.5. The summed E-state index contributed by atoms with van der Waals surface area (Å²) in [5.74, 6) is 1.03. The Morgan fingerprint density at radius 3 is 2.75 bits per heavy atom. The second-order valence-electron chi connectivity index (χ2n) is 11.5. The van der Waals surface area contributed by atoms with E-state index in [0.29, 0.717) is 41.4 Å². The van der Waals surface area contributed by atoms with Gasteiger partial charge in [0.15, 0.2) is 11.5 Å². The third kappa shape index (κ3) is 4.63. The summed E-state index contributed by atoms with van der Waals surface area (Å²) in [5.41, 5.74) is 4.63. The van der Waals surface area contributed by atoms with Gasteiger partial charge in [-0.1, -0.05) is 24.3 Å². The number of likely N-dealkylation sites (N-methyl/N-ethyl adjacent to an activating group) is 1. The summed E-state index contributed by atoms with van der Waals surface area (Å²) in [6, 6.07) is 12.4. The van der Waals surface area contributed by atoms with E-state index in [2.05, 4.69) is 40.4 Å². The number of allylic oxidation sites excluding steroid dienone is 2. The number of aromatic nitrogens is 5. The Kier molecular flexibility index (Phi) is 6.59. The SMILES string of the molecule is C/C=C\Cn1c(=O)c2cnc(Nc3ccc4c(c3)CN(C)CC43CC3)nc2n1-c1cccc(C(C)(C)OCC)n1. The quantitative estimate of drug-likeness (QED) is 0.314. The van der Waals surface area contributed by atoms with Crippen molar-refractivity contribution in [3.63, 3.8) is 0 Å². The number of pyridine rings is 1. The first-order valence-electron chi connectivity index (χ1n) is 14.1. The van der Waals surface area contributed by atoms with Crippen molar-refractivity contribution < 1.29 is 4.74 Å². The van der Waals surface area contributed by atoms with Gasteiger partial charge in [0.05, 0.1) is 12.2 Å². The predicted molar refractivity (Wildman–Crippen MR) is 157 cm³/mol. The average Bonchev–Trinajstić information content (AvgIpc) is 3.63. The lowest BCUT2D eigenvalue weighted by Crippen LogP contribution is -2.35. The van der Waals surface area contributed by atoms with Crippen LogP contribution in [0.15, 0.2) is 59.5 Å². The van der Waals surface area contributed by atoms with Crippen molar-refractivity contribution in [2.45, 2.75) is 64.6 Å². The van der Waals surface area contributed by atoms with E-state index in [0.717, 1.165) is 24.5 Å². The minimum Gasteiger partial charge on any atom is -0.370 e. The minimum absolute atomic E-state index is 0.164. The van der Waals surface area contributed by atoms with Crippen molar-refractivity contribution in [3.8, 4) is 5.82 Å². The number of ether oxygens (including phenoxy) is 1. The van der Waals surface area contributed by atoms with Crippen molar-refractivity contribution in [2.24, 2.45) is 0 Å². The fourth-order valence-electron chi connectivity index (χ4n) is 5.98. The monoisotopic (exact) mass is 539 g/mol. The van der Waals surface area contributed by atoms with Crippen LogP contribution in [0.1, 0.15) is 57.4 Å². The second kappa shape index (κ2) is 9.98. The molecule has 4 aromatic rings. The zero-order valence-electron chi connectivity index (χ0n) is 23.9. The number of rotatable bonds is 8. The molecule has 0 radical (unpaired) electrons. The molecule has 1 aliphatic carbocycles. The Balaban J connectivity index is 1.42. The number of hydrogen-bond donors (Lipinski definition) is 1. The largest absolute Gasteiger partial charge is 0.370 e. The lowest BCUT2D eigenvalue weighted by molar-refractivity contribution is -0.0173. The summed E-state index contributed by atoms with van der Waals surface area (Å²) >= 11 is 0. The molecule has 1 N–H and O–H groups in total. The summed E-state index contributed by atoms with van der Waals surface area (Å²) in [4.78, 5) is 30.2. The number of nitrogens with zero attached hydrogens (tertiary/aromatic N) is 6. The standard InChI is InChI=1S/C31H37N7O2/c1-6-8-16-37-28(39)23-18-32-29(33-22-12-13-24-21(17-22)19-36(5)20-31(24)14-15-31)35-27(23)38(37)26-11-9-10-25(34-26)30(3,4)40-7-2/h6,8-13,17-18H,7,14-16,19-20H2,1-5H3,(H,32,33,35)/b8-6-. The Hall–Kier alpha value is -3.82. The lowest BCUT2D eigenvalue weighted by atomic mass is 9.87. The summed E-state index contributed by atoms with van der Waals surface area (Å²) in [5, 5.41) is 3.83. The zero-order valence-corrected chi connectivity index (χ0v) is 23.9. The van der Waals surface area contributed by atoms with E-state index in [4.69, 9.17) is 14.7 Å². The van der Waals surface area contributed by atoms with E-state index in [1.54, 1.807) is 15.6 Å². The molecule has 0 saturated heterocycles. The van der Waals surface area contributed by atoms with Crippen molar-refractivity contribution in [1.82, 2.24) is 29.2 Å². The predicted octanol–water partition coefficient (Wildman–Crippen LogP) is 5.05. The normalized spacial score (nSPS) is 16.6. The summed E-state index contributed by atoms with van der Waals surface area (Å²) in [6.07, 6.45) is 7.99. The molecule has 6 rings (SSSR count). The fraction of sp³-hybridized carbons (Fsp3) is 0.419. The number of hydrogen-bond acceptors (Lipinski definition) is 7. The summed E-state index contributed by atoms with van der Waals surface area (Å²) in [6.45, 7) is 10.9. The molecule has 0 unspecified atom stereocenters. The Bertz CT molecular complexity index is 1660. The lowest BCUT2D eigenvalue weighted by Gasteiger charge is -2.32. The first-order valence-corrected chi connectivity index (χ1v) is 14.1. The molecule has 40 heavy (non-hydrogen) atoms. The van der Waals surface area contributed by atoms with E-state index in [1.165, 1.54) is 24.0 Å². The topological polar surface area (TPSA) is 90.1 Å². The van der Waals surface area contributed by atoms with Gasteiger partial charge >= 0.3 is 0 Å². The van der Waals surface area contributed by atoms with Crippen LogP contribution in [0.4, 0.5) is 11.6 Å². The van der Waals surface area contributed by atoms with Crippen molar-refractivity contribution in [3.05, 3.63) is 81.9 Å². The zero-order chi connectivity index (χ0) is 28.1. The van der Waals surface area contributed by atoms with Gasteiger partial charge in [-0.15, -0.1) is 0 Å². The third-order valence-electron chi connectivity index (χ3n) is 8.06. The van der Waals surface area contributed by atoms with Crippen molar-refractivity contribution in [1.29, 1.82) is 0 Å². The molecule has 9 nitrogen and oxygen atoms in total.